The van der Waals surface area contributed by atoms with Gasteiger partial charge in [0.05, 0.1) is 6.61 Å². The Morgan fingerprint density at radius 1 is 1.00 bits per heavy atom. The minimum atomic E-state index is -0.817. The molecule has 1 aliphatic carbocycles. The van der Waals surface area contributed by atoms with Crippen LogP contribution in [0, 0.1) is 11.8 Å². The van der Waals surface area contributed by atoms with Gasteiger partial charge < -0.3 is 4.74 Å². The van der Waals surface area contributed by atoms with Crippen LogP contribution in [0.15, 0.2) is 48.5 Å². The molecule has 1 saturated carbocycles. The molecule has 1 aliphatic rings. The molecule has 4 heteroatoms. The van der Waals surface area contributed by atoms with E-state index in [0.717, 1.165) is 0 Å². The van der Waals surface area contributed by atoms with Gasteiger partial charge in [0.15, 0.2) is 0 Å². The molecule has 2 atom stereocenters. The number of ether oxygens (including phenoxy) is 1. The number of rotatable bonds is 4. The van der Waals surface area contributed by atoms with Crippen molar-refractivity contribution in [3.05, 3.63) is 48.5 Å². The van der Waals surface area contributed by atoms with Gasteiger partial charge in [-0.3, -0.25) is 14.4 Å². The first kappa shape index (κ1) is 17.9. The van der Waals surface area contributed by atoms with Gasteiger partial charge in [-0.25, -0.2) is 0 Å². The molecule has 0 aliphatic heterocycles. The molecule has 2 unspecified atom stereocenters. The van der Waals surface area contributed by atoms with Gasteiger partial charge in [-0.05, 0) is 17.7 Å². The Labute approximate surface area is 141 Å². The Bertz CT molecular complexity index is 670. The fourth-order valence-electron chi connectivity index (χ4n) is 2.75. The van der Waals surface area contributed by atoms with Gasteiger partial charge >= 0.3 is 5.97 Å². The SMILES string of the molecule is CCOC(=O)C1C(=O)CC1C(=O)CC.c1ccc2ccccc2c1. The predicted molar refractivity (Wildman–Crippen MR) is 92.5 cm³/mol. The maximum atomic E-state index is 11.3. The number of hydrogen-bond acceptors (Lipinski definition) is 4. The topological polar surface area (TPSA) is 60.4 Å². The highest BCUT2D eigenvalue weighted by atomic mass is 16.5. The summed E-state index contributed by atoms with van der Waals surface area (Å²) in [5, 5.41) is 2.62. The molecule has 4 nitrogen and oxygen atoms in total. The minimum Gasteiger partial charge on any atom is -0.465 e. The van der Waals surface area contributed by atoms with Crippen LogP contribution in [0.5, 0.6) is 0 Å². The van der Waals surface area contributed by atoms with Crippen molar-refractivity contribution in [1.82, 2.24) is 0 Å². The summed E-state index contributed by atoms with van der Waals surface area (Å²) in [6, 6.07) is 16.7. The van der Waals surface area contributed by atoms with Crippen molar-refractivity contribution >= 4 is 28.3 Å². The van der Waals surface area contributed by atoms with Crippen LogP contribution >= 0.6 is 0 Å². The maximum Gasteiger partial charge on any atom is 0.317 e. The minimum absolute atomic E-state index is 0.0253. The van der Waals surface area contributed by atoms with Gasteiger partial charge in [0.25, 0.3) is 0 Å². The van der Waals surface area contributed by atoms with E-state index in [1.54, 1.807) is 13.8 Å². The number of hydrogen-bond donors (Lipinski definition) is 0. The number of Topliss-reactive ketones (excluding diaryl/α,β-unsaturated/α-hetero) is 2. The zero-order valence-corrected chi connectivity index (χ0v) is 14.0. The van der Waals surface area contributed by atoms with E-state index >= 15 is 0 Å². The van der Waals surface area contributed by atoms with Crippen LogP contribution in [0.4, 0.5) is 0 Å². The van der Waals surface area contributed by atoms with Crippen LogP contribution in [0.2, 0.25) is 0 Å². The fraction of sp³-hybridized carbons (Fsp3) is 0.350. The molecule has 0 radical (unpaired) electrons. The monoisotopic (exact) mass is 326 g/mol. The summed E-state index contributed by atoms with van der Waals surface area (Å²) in [4.78, 5) is 33.7. The van der Waals surface area contributed by atoms with E-state index in [1.807, 2.05) is 0 Å². The summed E-state index contributed by atoms with van der Waals surface area (Å²) in [6.45, 7) is 3.65. The first-order chi connectivity index (χ1) is 11.6. The van der Waals surface area contributed by atoms with Gasteiger partial charge in [0.2, 0.25) is 0 Å². The van der Waals surface area contributed by atoms with E-state index in [0.29, 0.717) is 6.42 Å². The molecule has 126 valence electrons. The molecule has 0 amide bonds. The van der Waals surface area contributed by atoms with Gasteiger partial charge in [0, 0.05) is 18.8 Å². The average molecular weight is 326 g/mol. The van der Waals surface area contributed by atoms with Crippen molar-refractivity contribution in [3.63, 3.8) is 0 Å². The van der Waals surface area contributed by atoms with Gasteiger partial charge in [-0.15, -0.1) is 0 Å². The van der Waals surface area contributed by atoms with Crippen LogP contribution in [-0.2, 0) is 19.1 Å². The summed E-state index contributed by atoms with van der Waals surface area (Å²) in [5.41, 5.74) is 0. The second-order valence-electron chi connectivity index (χ2n) is 5.67. The molecule has 0 aromatic heterocycles. The van der Waals surface area contributed by atoms with Gasteiger partial charge in [-0.2, -0.15) is 0 Å². The lowest BCUT2D eigenvalue weighted by atomic mass is 9.69. The Morgan fingerprint density at radius 3 is 1.88 bits per heavy atom. The van der Waals surface area contributed by atoms with Crippen molar-refractivity contribution in [2.24, 2.45) is 11.8 Å². The Hall–Kier alpha value is -2.49. The molecule has 0 N–H and O–H groups in total. The van der Waals surface area contributed by atoms with Crippen molar-refractivity contribution < 1.29 is 19.1 Å². The molecule has 0 heterocycles. The summed E-state index contributed by atoms with van der Waals surface area (Å²) in [7, 11) is 0. The van der Waals surface area contributed by atoms with Crippen LogP contribution in [-0.4, -0.2) is 24.1 Å². The van der Waals surface area contributed by atoms with E-state index in [2.05, 4.69) is 48.5 Å². The third-order valence-electron chi connectivity index (χ3n) is 4.13. The zero-order chi connectivity index (χ0) is 17.5. The molecule has 0 saturated heterocycles. The number of carbonyl (C=O) groups is 3. The number of ketones is 2. The molecular weight excluding hydrogens is 304 g/mol. The smallest absolute Gasteiger partial charge is 0.317 e. The largest absolute Gasteiger partial charge is 0.465 e. The first-order valence-corrected chi connectivity index (χ1v) is 8.24. The molecule has 3 rings (SSSR count). The number of benzene rings is 2. The number of esters is 1. The molecule has 24 heavy (non-hydrogen) atoms. The quantitative estimate of drug-likeness (QED) is 0.636. The highest BCUT2D eigenvalue weighted by Crippen LogP contribution is 2.33. The van der Waals surface area contributed by atoms with Crippen LogP contribution < -0.4 is 0 Å². The van der Waals surface area contributed by atoms with E-state index in [1.165, 1.54) is 10.8 Å². The van der Waals surface area contributed by atoms with E-state index < -0.39 is 17.8 Å². The van der Waals surface area contributed by atoms with Crippen LogP contribution in [0.3, 0.4) is 0 Å². The van der Waals surface area contributed by atoms with Crippen LogP contribution in [0.25, 0.3) is 10.8 Å². The summed E-state index contributed by atoms with van der Waals surface area (Å²) in [6.07, 6.45) is 0.573. The third kappa shape index (κ3) is 4.07. The van der Waals surface area contributed by atoms with Gasteiger partial charge in [0.1, 0.15) is 17.5 Å². The molecule has 1 fully saturated rings. The van der Waals surface area contributed by atoms with Crippen LogP contribution in [0.1, 0.15) is 26.7 Å². The zero-order valence-electron chi connectivity index (χ0n) is 14.0. The lowest BCUT2D eigenvalue weighted by Gasteiger charge is -2.31. The van der Waals surface area contributed by atoms with E-state index in [4.69, 9.17) is 4.74 Å². The summed E-state index contributed by atoms with van der Waals surface area (Å²) < 4.78 is 4.73. The lowest BCUT2D eigenvalue weighted by molar-refractivity contribution is -0.163. The second-order valence-corrected chi connectivity index (χ2v) is 5.67. The summed E-state index contributed by atoms with van der Waals surface area (Å²) >= 11 is 0. The summed E-state index contributed by atoms with van der Waals surface area (Å²) in [5.74, 6) is -1.98. The molecule has 2 aromatic rings. The normalized spacial score (nSPS) is 19.0. The van der Waals surface area contributed by atoms with Crippen molar-refractivity contribution in [2.45, 2.75) is 26.7 Å². The van der Waals surface area contributed by atoms with Crippen molar-refractivity contribution in [2.75, 3.05) is 6.61 Å². The van der Waals surface area contributed by atoms with Crippen molar-refractivity contribution in [3.8, 4) is 0 Å². The number of fused-ring (bicyclic) bond motifs is 1. The fourth-order valence-corrected chi connectivity index (χ4v) is 2.75. The Morgan fingerprint density at radius 2 is 1.50 bits per heavy atom. The Balaban J connectivity index is 0.000000182. The standard InChI is InChI=1S/C10H14O4.C10H8/c1-3-7(11)6-5-8(12)9(6)10(13)14-4-2;1-2-6-10-8-4-3-7-9(10)5-1/h6,9H,3-5H2,1-2H3;1-8H. The molecule has 0 spiro atoms. The lowest BCUT2D eigenvalue weighted by Crippen LogP contribution is -2.47. The molecule has 2 aromatic carbocycles. The third-order valence-corrected chi connectivity index (χ3v) is 4.13. The second kappa shape index (κ2) is 8.39. The highest BCUT2D eigenvalue weighted by molar-refractivity contribution is 6.10. The average Bonchev–Trinajstić information content (AvgIpc) is 2.59. The highest BCUT2D eigenvalue weighted by Gasteiger charge is 2.48. The molecular formula is C20H22O4. The maximum absolute atomic E-state index is 11.3. The van der Waals surface area contributed by atoms with Crippen molar-refractivity contribution in [1.29, 1.82) is 0 Å². The Kier molecular flexibility index (Phi) is 6.24. The predicted octanol–water partition coefficient (Wildman–Crippen LogP) is 3.57. The van der Waals surface area contributed by atoms with E-state index in [-0.39, 0.29) is 24.6 Å². The molecule has 0 bridgehead atoms. The number of carbonyl (C=O) groups excluding carboxylic acids is 3. The van der Waals surface area contributed by atoms with E-state index in [9.17, 15) is 14.4 Å². The van der Waals surface area contributed by atoms with Gasteiger partial charge in [-0.1, -0.05) is 55.5 Å². The first-order valence-electron chi connectivity index (χ1n) is 8.24.